The summed E-state index contributed by atoms with van der Waals surface area (Å²) in [6.07, 6.45) is 12.5. The van der Waals surface area contributed by atoms with Gasteiger partial charge in [0.05, 0.1) is 29.4 Å². The Morgan fingerprint density at radius 2 is 1.79 bits per heavy atom. The Hall–Kier alpha value is -1.93. The predicted molar refractivity (Wildman–Crippen MR) is 110 cm³/mol. The van der Waals surface area contributed by atoms with Crippen molar-refractivity contribution in [2.24, 2.45) is 5.73 Å². The van der Waals surface area contributed by atoms with Gasteiger partial charge >= 0.3 is 6.03 Å². The SMILES string of the molecule is Cl.NC(=O)NC1(c2ncnc3c2cnn3CCN2CCCCCC2)CCCC1. The van der Waals surface area contributed by atoms with Crippen molar-refractivity contribution in [3.05, 3.63) is 18.2 Å². The van der Waals surface area contributed by atoms with E-state index in [1.807, 2.05) is 10.9 Å². The molecule has 8 nitrogen and oxygen atoms in total. The van der Waals surface area contributed by atoms with Crippen LogP contribution in [-0.4, -0.2) is 50.3 Å². The molecular formula is C19H30ClN7O. The average Bonchev–Trinajstić information content (AvgIpc) is 3.20. The topological polar surface area (TPSA) is 102 Å². The van der Waals surface area contributed by atoms with Gasteiger partial charge < -0.3 is 16.0 Å². The van der Waals surface area contributed by atoms with E-state index in [2.05, 4.69) is 25.3 Å². The Morgan fingerprint density at radius 3 is 2.46 bits per heavy atom. The summed E-state index contributed by atoms with van der Waals surface area (Å²) < 4.78 is 1.97. The number of aromatic nitrogens is 4. The molecule has 2 aliphatic rings. The fraction of sp³-hybridized carbons (Fsp3) is 0.684. The molecule has 0 unspecified atom stereocenters. The molecule has 2 aromatic heterocycles. The maximum absolute atomic E-state index is 11.6. The summed E-state index contributed by atoms with van der Waals surface area (Å²) in [4.78, 5) is 23.2. The summed E-state index contributed by atoms with van der Waals surface area (Å²) in [6, 6.07) is -0.503. The molecule has 2 fully saturated rings. The third-order valence-corrected chi connectivity index (χ3v) is 6.03. The van der Waals surface area contributed by atoms with E-state index in [0.29, 0.717) is 0 Å². The zero-order valence-electron chi connectivity index (χ0n) is 16.3. The van der Waals surface area contributed by atoms with Gasteiger partial charge in [0.25, 0.3) is 0 Å². The van der Waals surface area contributed by atoms with Crippen LogP contribution in [0.1, 0.15) is 57.1 Å². The first-order chi connectivity index (χ1) is 13.2. The van der Waals surface area contributed by atoms with Gasteiger partial charge in [-0.3, -0.25) is 0 Å². The van der Waals surface area contributed by atoms with Crippen molar-refractivity contribution in [1.82, 2.24) is 30.0 Å². The Bertz CT molecular complexity index is 795. The number of urea groups is 1. The molecule has 2 amide bonds. The van der Waals surface area contributed by atoms with Crippen LogP contribution in [0.15, 0.2) is 12.5 Å². The summed E-state index contributed by atoms with van der Waals surface area (Å²) in [5.74, 6) is 0. The summed E-state index contributed by atoms with van der Waals surface area (Å²) >= 11 is 0. The van der Waals surface area contributed by atoms with Crippen molar-refractivity contribution in [3.63, 3.8) is 0 Å². The van der Waals surface area contributed by atoms with E-state index in [9.17, 15) is 4.79 Å². The smallest absolute Gasteiger partial charge is 0.312 e. The monoisotopic (exact) mass is 407 g/mol. The Kier molecular flexibility index (Phi) is 6.72. The standard InChI is InChI=1S/C19H29N7O.ClH/c20-18(27)24-19(7-3-4-8-19)16-15-13-23-26(17(15)22-14-21-16)12-11-25-9-5-1-2-6-10-25;/h13-14H,1-12H2,(H3,20,24,27);1H. The number of fused-ring (bicyclic) bond motifs is 1. The largest absolute Gasteiger partial charge is 0.352 e. The molecule has 1 aliphatic heterocycles. The number of nitrogens with zero attached hydrogens (tertiary/aromatic N) is 5. The van der Waals surface area contributed by atoms with Gasteiger partial charge in [-0.2, -0.15) is 5.10 Å². The van der Waals surface area contributed by atoms with E-state index < -0.39 is 11.6 Å². The number of hydrogen-bond donors (Lipinski definition) is 2. The molecule has 1 aliphatic carbocycles. The molecule has 4 rings (SSSR count). The lowest BCUT2D eigenvalue weighted by Gasteiger charge is -2.29. The zero-order valence-corrected chi connectivity index (χ0v) is 17.1. The highest BCUT2D eigenvalue weighted by Gasteiger charge is 2.39. The fourth-order valence-corrected chi connectivity index (χ4v) is 4.67. The third kappa shape index (κ3) is 4.22. The molecule has 28 heavy (non-hydrogen) atoms. The molecule has 1 saturated carbocycles. The van der Waals surface area contributed by atoms with Crippen molar-refractivity contribution in [3.8, 4) is 0 Å². The molecule has 3 N–H and O–H groups in total. The number of nitrogens with one attached hydrogen (secondary N) is 1. The average molecular weight is 408 g/mol. The first kappa shape index (κ1) is 20.8. The van der Waals surface area contributed by atoms with Crippen LogP contribution in [0, 0.1) is 0 Å². The normalized spacial score (nSPS) is 19.9. The molecule has 154 valence electrons. The highest BCUT2D eigenvalue weighted by Crippen LogP contribution is 2.40. The minimum Gasteiger partial charge on any atom is -0.352 e. The summed E-state index contributed by atoms with van der Waals surface area (Å²) in [5.41, 5.74) is 6.66. The van der Waals surface area contributed by atoms with Crippen LogP contribution in [0.25, 0.3) is 11.0 Å². The molecule has 0 spiro atoms. The molecule has 0 radical (unpaired) electrons. The number of primary amides is 1. The molecule has 3 heterocycles. The van der Waals surface area contributed by atoms with Gasteiger partial charge in [0, 0.05) is 6.54 Å². The third-order valence-electron chi connectivity index (χ3n) is 6.03. The second kappa shape index (κ2) is 9.05. The van der Waals surface area contributed by atoms with Crippen LogP contribution >= 0.6 is 12.4 Å². The quantitative estimate of drug-likeness (QED) is 0.792. The van der Waals surface area contributed by atoms with E-state index in [4.69, 9.17) is 5.73 Å². The Labute approximate surface area is 171 Å². The maximum atomic E-state index is 11.6. The molecule has 9 heteroatoms. The van der Waals surface area contributed by atoms with Gasteiger partial charge in [-0.1, -0.05) is 25.7 Å². The number of likely N-dealkylation sites (tertiary alicyclic amines) is 1. The minimum atomic E-state index is -0.503. The molecular weight excluding hydrogens is 378 g/mol. The minimum absolute atomic E-state index is 0. The maximum Gasteiger partial charge on any atom is 0.312 e. The number of nitrogens with two attached hydrogens (primary N) is 1. The van der Waals surface area contributed by atoms with Crippen molar-refractivity contribution in [2.75, 3.05) is 19.6 Å². The van der Waals surface area contributed by atoms with Crippen molar-refractivity contribution >= 4 is 29.5 Å². The lowest BCUT2D eigenvalue weighted by atomic mass is 9.91. The highest BCUT2D eigenvalue weighted by atomic mass is 35.5. The molecule has 0 bridgehead atoms. The second-order valence-electron chi connectivity index (χ2n) is 7.86. The zero-order chi connectivity index (χ0) is 18.7. The van der Waals surface area contributed by atoms with Gasteiger partial charge in [-0.05, 0) is 38.8 Å². The van der Waals surface area contributed by atoms with E-state index in [1.165, 1.54) is 38.8 Å². The van der Waals surface area contributed by atoms with Gasteiger partial charge in [-0.25, -0.2) is 19.4 Å². The number of rotatable bonds is 5. The van der Waals surface area contributed by atoms with Crippen LogP contribution in [0.4, 0.5) is 4.79 Å². The van der Waals surface area contributed by atoms with Crippen LogP contribution in [0.2, 0.25) is 0 Å². The summed E-state index contributed by atoms with van der Waals surface area (Å²) in [5, 5.41) is 8.48. The van der Waals surface area contributed by atoms with Crippen molar-refractivity contribution in [1.29, 1.82) is 0 Å². The number of amides is 2. The van der Waals surface area contributed by atoms with E-state index in [1.54, 1.807) is 6.33 Å². The Morgan fingerprint density at radius 1 is 1.07 bits per heavy atom. The van der Waals surface area contributed by atoms with Crippen LogP contribution in [0.3, 0.4) is 0 Å². The molecule has 2 aromatic rings. The molecule has 0 atom stereocenters. The van der Waals surface area contributed by atoms with Gasteiger partial charge in [0.2, 0.25) is 0 Å². The molecule has 1 saturated heterocycles. The number of carbonyl (C=O) groups is 1. The van der Waals surface area contributed by atoms with E-state index in [0.717, 1.165) is 55.5 Å². The lowest BCUT2D eigenvalue weighted by molar-refractivity contribution is 0.232. The van der Waals surface area contributed by atoms with E-state index in [-0.39, 0.29) is 12.4 Å². The first-order valence-corrected chi connectivity index (χ1v) is 10.1. The summed E-state index contributed by atoms with van der Waals surface area (Å²) in [7, 11) is 0. The van der Waals surface area contributed by atoms with E-state index >= 15 is 0 Å². The number of carbonyl (C=O) groups excluding carboxylic acids is 1. The number of hydrogen-bond acceptors (Lipinski definition) is 5. The van der Waals surface area contributed by atoms with Gasteiger partial charge in [-0.15, -0.1) is 12.4 Å². The highest BCUT2D eigenvalue weighted by molar-refractivity contribution is 5.85. The Balaban J connectivity index is 0.00000225. The number of halogens is 1. The second-order valence-corrected chi connectivity index (χ2v) is 7.86. The van der Waals surface area contributed by atoms with Crippen LogP contribution in [-0.2, 0) is 12.1 Å². The van der Waals surface area contributed by atoms with Crippen LogP contribution < -0.4 is 11.1 Å². The fourth-order valence-electron chi connectivity index (χ4n) is 4.67. The first-order valence-electron chi connectivity index (χ1n) is 10.1. The van der Waals surface area contributed by atoms with Gasteiger partial charge in [0.1, 0.15) is 6.33 Å². The van der Waals surface area contributed by atoms with Crippen LogP contribution in [0.5, 0.6) is 0 Å². The van der Waals surface area contributed by atoms with Crippen molar-refractivity contribution < 1.29 is 4.79 Å². The van der Waals surface area contributed by atoms with Gasteiger partial charge in [0.15, 0.2) is 5.65 Å². The van der Waals surface area contributed by atoms with Crippen molar-refractivity contribution in [2.45, 2.75) is 63.5 Å². The predicted octanol–water partition coefficient (Wildman–Crippen LogP) is 2.56. The lowest BCUT2D eigenvalue weighted by Crippen LogP contribution is -2.47. The molecule has 0 aromatic carbocycles. The summed E-state index contributed by atoms with van der Waals surface area (Å²) in [6.45, 7) is 4.15.